The van der Waals surface area contributed by atoms with Gasteiger partial charge in [-0.15, -0.1) is 0 Å². The lowest BCUT2D eigenvalue weighted by atomic mass is 10.2. The van der Waals surface area contributed by atoms with E-state index in [9.17, 15) is 4.39 Å². The first-order valence-electron chi connectivity index (χ1n) is 6.35. The van der Waals surface area contributed by atoms with Crippen LogP contribution in [0.2, 0.25) is 0 Å². The fraction of sp³-hybridized carbons (Fsp3) is 0.267. The summed E-state index contributed by atoms with van der Waals surface area (Å²) in [5.41, 5.74) is 3.13. The van der Waals surface area contributed by atoms with Crippen LogP contribution in [0.4, 0.5) is 15.8 Å². The minimum absolute atomic E-state index is 0.226. The second kappa shape index (κ2) is 6.29. The van der Waals surface area contributed by atoms with Crippen molar-refractivity contribution in [3.8, 4) is 0 Å². The van der Waals surface area contributed by atoms with Gasteiger partial charge in [0.2, 0.25) is 0 Å². The Bertz CT molecular complexity index is 525. The van der Waals surface area contributed by atoms with E-state index in [-0.39, 0.29) is 5.82 Å². The lowest BCUT2D eigenvalue weighted by Crippen LogP contribution is -2.17. The number of anilines is 2. The van der Waals surface area contributed by atoms with Gasteiger partial charge in [-0.05, 0) is 42.4 Å². The summed E-state index contributed by atoms with van der Waals surface area (Å²) >= 11 is 0. The zero-order chi connectivity index (χ0) is 13.7. The minimum Gasteiger partial charge on any atom is -0.343 e. The van der Waals surface area contributed by atoms with Crippen LogP contribution in [0.1, 0.15) is 12.5 Å². The maximum Gasteiger partial charge on any atom is 0.123 e. The van der Waals surface area contributed by atoms with Crippen LogP contribution in [0.3, 0.4) is 0 Å². The number of hydrogen-bond donors (Lipinski definition) is 1. The molecule has 0 bridgehead atoms. The van der Waals surface area contributed by atoms with Crippen molar-refractivity contribution in [2.45, 2.75) is 13.5 Å². The molecule has 0 saturated heterocycles. The normalized spacial score (nSPS) is 10.5. The van der Waals surface area contributed by atoms with Crippen LogP contribution in [0, 0.1) is 5.82 Å². The van der Waals surface area contributed by atoms with Gasteiger partial charge in [0.05, 0.1) is 11.9 Å². The number of pyridine rings is 1. The van der Waals surface area contributed by atoms with Crippen LogP contribution in [0.5, 0.6) is 0 Å². The Balaban J connectivity index is 2.27. The number of nitrogens with one attached hydrogen (secondary N) is 1. The third-order valence-corrected chi connectivity index (χ3v) is 3.03. The highest BCUT2D eigenvalue weighted by atomic mass is 19.1. The summed E-state index contributed by atoms with van der Waals surface area (Å²) in [6.07, 6.45) is 3.62. The maximum absolute atomic E-state index is 13.0. The summed E-state index contributed by atoms with van der Waals surface area (Å²) in [4.78, 5) is 6.19. The van der Waals surface area contributed by atoms with E-state index in [4.69, 9.17) is 0 Å². The molecule has 0 amide bonds. The van der Waals surface area contributed by atoms with Gasteiger partial charge in [0.25, 0.3) is 0 Å². The molecule has 19 heavy (non-hydrogen) atoms. The summed E-state index contributed by atoms with van der Waals surface area (Å²) in [5.74, 6) is -0.226. The topological polar surface area (TPSA) is 28.2 Å². The number of benzene rings is 1. The van der Waals surface area contributed by atoms with Crippen molar-refractivity contribution >= 4 is 11.4 Å². The molecule has 0 radical (unpaired) electrons. The zero-order valence-electron chi connectivity index (χ0n) is 11.2. The van der Waals surface area contributed by atoms with E-state index >= 15 is 0 Å². The lowest BCUT2D eigenvalue weighted by molar-refractivity contribution is 0.628. The molecule has 2 aromatic rings. The van der Waals surface area contributed by atoms with Crippen molar-refractivity contribution in [2.75, 3.05) is 18.5 Å². The standard InChI is InChI=1S/C15H18FN3/c1-3-17-10-12-8-9-18-11-15(12)19(2)14-6-4-13(16)5-7-14/h4-9,11,17H,3,10H2,1-2H3. The number of rotatable bonds is 5. The van der Waals surface area contributed by atoms with Gasteiger partial charge in [-0.3, -0.25) is 4.98 Å². The molecule has 1 aromatic carbocycles. The molecule has 1 aromatic heterocycles. The monoisotopic (exact) mass is 259 g/mol. The first-order chi connectivity index (χ1) is 9.22. The van der Waals surface area contributed by atoms with Gasteiger partial charge in [0, 0.05) is 25.5 Å². The van der Waals surface area contributed by atoms with E-state index in [2.05, 4.69) is 17.2 Å². The molecular weight excluding hydrogens is 241 g/mol. The molecule has 100 valence electrons. The van der Waals surface area contributed by atoms with Crippen molar-refractivity contribution in [3.05, 3.63) is 54.1 Å². The Morgan fingerprint density at radius 3 is 2.63 bits per heavy atom. The summed E-state index contributed by atoms with van der Waals surface area (Å²) in [7, 11) is 1.96. The second-order valence-corrected chi connectivity index (χ2v) is 4.32. The van der Waals surface area contributed by atoms with Gasteiger partial charge in [-0.1, -0.05) is 6.92 Å². The molecule has 4 heteroatoms. The highest BCUT2D eigenvalue weighted by Gasteiger charge is 2.09. The smallest absolute Gasteiger partial charge is 0.123 e. The second-order valence-electron chi connectivity index (χ2n) is 4.32. The SMILES string of the molecule is CCNCc1ccncc1N(C)c1ccc(F)cc1. The van der Waals surface area contributed by atoms with Crippen molar-refractivity contribution in [1.29, 1.82) is 0 Å². The molecule has 0 aliphatic heterocycles. The third-order valence-electron chi connectivity index (χ3n) is 3.03. The average Bonchev–Trinajstić information content (AvgIpc) is 2.45. The summed E-state index contributed by atoms with van der Waals surface area (Å²) in [5, 5.41) is 3.31. The highest BCUT2D eigenvalue weighted by Crippen LogP contribution is 2.26. The summed E-state index contributed by atoms with van der Waals surface area (Å²) in [6, 6.07) is 8.45. The van der Waals surface area contributed by atoms with Crippen molar-refractivity contribution in [1.82, 2.24) is 10.3 Å². The predicted octanol–water partition coefficient (Wildman–Crippen LogP) is 3.10. The largest absolute Gasteiger partial charge is 0.343 e. The predicted molar refractivity (Wildman–Crippen MR) is 76.1 cm³/mol. The molecule has 0 aliphatic rings. The highest BCUT2D eigenvalue weighted by molar-refractivity contribution is 5.64. The number of hydrogen-bond acceptors (Lipinski definition) is 3. The Labute approximate surface area is 113 Å². The molecule has 0 unspecified atom stereocenters. The van der Waals surface area contributed by atoms with E-state index in [0.717, 1.165) is 24.5 Å². The molecular formula is C15H18FN3. The molecule has 0 spiro atoms. The van der Waals surface area contributed by atoms with Crippen LogP contribution in [-0.4, -0.2) is 18.6 Å². The van der Waals surface area contributed by atoms with Crippen molar-refractivity contribution in [3.63, 3.8) is 0 Å². The van der Waals surface area contributed by atoms with Crippen LogP contribution in [0.15, 0.2) is 42.7 Å². The van der Waals surface area contributed by atoms with Crippen LogP contribution in [0.25, 0.3) is 0 Å². The van der Waals surface area contributed by atoms with Gasteiger partial charge >= 0.3 is 0 Å². The number of nitrogens with zero attached hydrogens (tertiary/aromatic N) is 2. The Hall–Kier alpha value is -1.94. The van der Waals surface area contributed by atoms with Crippen LogP contribution in [-0.2, 0) is 6.54 Å². The van der Waals surface area contributed by atoms with E-state index in [1.54, 1.807) is 18.3 Å². The first kappa shape index (κ1) is 13.5. The van der Waals surface area contributed by atoms with Gasteiger partial charge in [-0.25, -0.2) is 4.39 Å². The minimum atomic E-state index is -0.226. The average molecular weight is 259 g/mol. The number of aromatic nitrogens is 1. The van der Waals surface area contributed by atoms with Crippen molar-refractivity contribution < 1.29 is 4.39 Å². The molecule has 1 N–H and O–H groups in total. The summed E-state index contributed by atoms with van der Waals surface area (Å²) in [6.45, 7) is 3.78. The van der Waals surface area contributed by atoms with Gasteiger partial charge in [0.15, 0.2) is 0 Å². The maximum atomic E-state index is 13.0. The molecule has 0 saturated carbocycles. The van der Waals surface area contributed by atoms with Gasteiger partial charge in [0.1, 0.15) is 5.82 Å². The molecule has 0 aliphatic carbocycles. The fourth-order valence-electron chi connectivity index (χ4n) is 1.93. The summed E-state index contributed by atoms with van der Waals surface area (Å²) < 4.78 is 13.0. The van der Waals surface area contributed by atoms with Gasteiger partial charge < -0.3 is 10.2 Å². The molecule has 1 heterocycles. The molecule has 0 atom stereocenters. The fourth-order valence-corrected chi connectivity index (χ4v) is 1.93. The van der Waals surface area contributed by atoms with E-state index < -0.39 is 0 Å². The molecule has 3 nitrogen and oxygen atoms in total. The van der Waals surface area contributed by atoms with E-state index in [1.165, 1.54) is 17.7 Å². The third kappa shape index (κ3) is 3.29. The van der Waals surface area contributed by atoms with Crippen LogP contribution >= 0.6 is 0 Å². The molecule has 0 fully saturated rings. The van der Waals surface area contributed by atoms with E-state index in [0.29, 0.717) is 0 Å². The number of halogens is 1. The first-order valence-corrected chi connectivity index (χ1v) is 6.35. The Morgan fingerprint density at radius 1 is 1.21 bits per heavy atom. The quantitative estimate of drug-likeness (QED) is 0.894. The van der Waals surface area contributed by atoms with E-state index in [1.807, 2.05) is 24.2 Å². The lowest BCUT2D eigenvalue weighted by Gasteiger charge is -2.22. The van der Waals surface area contributed by atoms with Crippen molar-refractivity contribution in [2.24, 2.45) is 0 Å². The zero-order valence-corrected chi connectivity index (χ0v) is 11.2. The van der Waals surface area contributed by atoms with Gasteiger partial charge in [-0.2, -0.15) is 0 Å². The Kier molecular flexibility index (Phi) is 4.47. The Morgan fingerprint density at radius 2 is 1.95 bits per heavy atom. The molecule has 2 rings (SSSR count). The van der Waals surface area contributed by atoms with Crippen LogP contribution < -0.4 is 10.2 Å².